The average Bonchev–Trinajstić information content (AvgIpc) is 3.05. The Balaban J connectivity index is 1.39. The third-order valence-corrected chi connectivity index (χ3v) is 6.26. The maximum atomic E-state index is 12.2. The zero-order valence-electron chi connectivity index (χ0n) is 14.8. The number of para-hydroxylation sites is 1. The highest BCUT2D eigenvalue weighted by Crippen LogP contribution is 2.32. The molecule has 0 spiro atoms. The Morgan fingerprint density at radius 1 is 0.960 bits per heavy atom. The van der Waals surface area contributed by atoms with Crippen LogP contribution in [-0.2, 0) is 6.54 Å². The normalized spacial score (nSPS) is 22.7. The first-order chi connectivity index (χ1) is 12.3. The summed E-state index contributed by atoms with van der Waals surface area (Å²) in [6.45, 7) is 5.50. The maximum absolute atomic E-state index is 12.2. The molecule has 0 radical (unpaired) electrons. The molecular formula is C20H26N4O. The van der Waals surface area contributed by atoms with Crippen LogP contribution in [0, 0.1) is 0 Å². The second-order valence-electron chi connectivity index (χ2n) is 7.72. The fraction of sp³-hybridized carbons (Fsp3) is 0.600. The van der Waals surface area contributed by atoms with Gasteiger partial charge in [0.1, 0.15) is 0 Å². The first kappa shape index (κ1) is 15.4. The average molecular weight is 338 g/mol. The Kier molecular flexibility index (Phi) is 3.77. The predicted molar refractivity (Wildman–Crippen MR) is 99.3 cm³/mol. The third-order valence-electron chi connectivity index (χ3n) is 6.26. The molecule has 5 nitrogen and oxygen atoms in total. The number of likely N-dealkylation sites (tertiary alicyclic amines) is 1. The number of imidazole rings is 1. The van der Waals surface area contributed by atoms with Gasteiger partial charge in [0.25, 0.3) is 0 Å². The number of benzene rings is 1. The minimum absolute atomic E-state index is 0.258. The number of nitrogens with zero attached hydrogens (tertiary/aromatic N) is 4. The van der Waals surface area contributed by atoms with Crippen molar-refractivity contribution >= 4 is 22.8 Å². The van der Waals surface area contributed by atoms with E-state index in [2.05, 4.69) is 14.4 Å². The maximum Gasteiger partial charge on any atom is 0.206 e. The SMILES string of the molecule is O=C1CCn2c(N3CCC(N4CCCCC4)CC3)nc3cccc1c32. The topological polar surface area (TPSA) is 41.4 Å². The number of aryl methyl sites for hydroxylation is 1. The molecule has 3 aliphatic rings. The summed E-state index contributed by atoms with van der Waals surface area (Å²) in [7, 11) is 0. The number of anilines is 1. The standard InChI is InChI=1S/C20H26N4O/c25-18-9-14-24-19-16(18)5-4-6-17(19)21-20(24)23-12-7-15(8-13-23)22-10-2-1-3-11-22/h4-6,15H,1-3,7-14H2. The van der Waals surface area contributed by atoms with Crippen LogP contribution in [0.3, 0.4) is 0 Å². The zero-order chi connectivity index (χ0) is 16.8. The van der Waals surface area contributed by atoms with Crippen molar-refractivity contribution in [2.45, 2.75) is 51.1 Å². The molecule has 4 heterocycles. The van der Waals surface area contributed by atoms with E-state index in [1.165, 1.54) is 45.2 Å². The van der Waals surface area contributed by atoms with Crippen LogP contribution in [0.1, 0.15) is 48.9 Å². The van der Waals surface area contributed by atoms with E-state index in [4.69, 9.17) is 4.98 Å². The molecule has 132 valence electrons. The Hall–Kier alpha value is -1.88. The molecule has 25 heavy (non-hydrogen) atoms. The van der Waals surface area contributed by atoms with Crippen LogP contribution in [0.5, 0.6) is 0 Å². The van der Waals surface area contributed by atoms with E-state index in [-0.39, 0.29) is 5.78 Å². The second-order valence-corrected chi connectivity index (χ2v) is 7.72. The van der Waals surface area contributed by atoms with Crippen LogP contribution in [-0.4, -0.2) is 52.5 Å². The molecule has 1 aromatic carbocycles. The van der Waals surface area contributed by atoms with Crippen molar-refractivity contribution in [1.82, 2.24) is 14.5 Å². The van der Waals surface area contributed by atoms with Crippen molar-refractivity contribution in [1.29, 1.82) is 0 Å². The van der Waals surface area contributed by atoms with Gasteiger partial charge in [-0.15, -0.1) is 0 Å². The summed E-state index contributed by atoms with van der Waals surface area (Å²) in [4.78, 5) is 22.3. The molecule has 3 aliphatic heterocycles. The van der Waals surface area contributed by atoms with Crippen LogP contribution < -0.4 is 4.90 Å². The number of aromatic nitrogens is 2. The summed E-state index contributed by atoms with van der Waals surface area (Å²) in [6.07, 6.45) is 7.20. The number of Topliss-reactive ketones (excluding diaryl/α,β-unsaturated/α-hetero) is 1. The van der Waals surface area contributed by atoms with Crippen molar-refractivity contribution in [3.63, 3.8) is 0 Å². The van der Waals surface area contributed by atoms with Gasteiger partial charge in [-0.3, -0.25) is 4.79 Å². The van der Waals surface area contributed by atoms with E-state index in [9.17, 15) is 4.79 Å². The van der Waals surface area contributed by atoms with Crippen LogP contribution in [0.4, 0.5) is 5.95 Å². The van der Waals surface area contributed by atoms with E-state index in [1.54, 1.807) is 0 Å². The van der Waals surface area contributed by atoms with Gasteiger partial charge in [0.2, 0.25) is 5.95 Å². The lowest BCUT2D eigenvalue weighted by atomic mass is 10.00. The largest absolute Gasteiger partial charge is 0.342 e. The van der Waals surface area contributed by atoms with Crippen molar-refractivity contribution in [3.8, 4) is 0 Å². The first-order valence-electron chi connectivity index (χ1n) is 9.83. The van der Waals surface area contributed by atoms with E-state index in [1.807, 2.05) is 18.2 Å². The smallest absolute Gasteiger partial charge is 0.206 e. The summed E-state index contributed by atoms with van der Waals surface area (Å²) in [5, 5.41) is 0. The molecule has 1 aromatic heterocycles. The number of carbonyl (C=O) groups is 1. The molecular weight excluding hydrogens is 312 g/mol. The molecule has 0 N–H and O–H groups in total. The zero-order valence-corrected chi connectivity index (χ0v) is 14.8. The van der Waals surface area contributed by atoms with E-state index >= 15 is 0 Å². The van der Waals surface area contributed by atoms with Gasteiger partial charge < -0.3 is 14.4 Å². The monoisotopic (exact) mass is 338 g/mol. The number of ketones is 1. The number of hydrogen-bond donors (Lipinski definition) is 0. The Morgan fingerprint density at radius 2 is 1.76 bits per heavy atom. The highest BCUT2D eigenvalue weighted by molar-refractivity contribution is 6.08. The minimum Gasteiger partial charge on any atom is -0.342 e. The number of hydrogen-bond acceptors (Lipinski definition) is 4. The van der Waals surface area contributed by atoms with Gasteiger partial charge in [0.15, 0.2) is 5.78 Å². The molecule has 2 aromatic rings. The van der Waals surface area contributed by atoms with Crippen LogP contribution in [0.15, 0.2) is 18.2 Å². The summed E-state index contributed by atoms with van der Waals surface area (Å²) >= 11 is 0. The van der Waals surface area contributed by atoms with Gasteiger partial charge in [0.05, 0.1) is 11.0 Å². The summed E-state index contributed by atoms with van der Waals surface area (Å²) in [5.74, 6) is 1.33. The fourth-order valence-electron chi connectivity index (χ4n) is 4.91. The van der Waals surface area contributed by atoms with Crippen molar-refractivity contribution in [2.75, 3.05) is 31.1 Å². The Morgan fingerprint density at radius 3 is 2.56 bits per heavy atom. The molecule has 0 amide bonds. The van der Waals surface area contributed by atoms with E-state index in [0.29, 0.717) is 6.42 Å². The van der Waals surface area contributed by atoms with Crippen LogP contribution >= 0.6 is 0 Å². The molecule has 0 unspecified atom stereocenters. The van der Waals surface area contributed by atoms with Gasteiger partial charge in [0, 0.05) is 37.7 Å². The van der Waals surface area contributed by atoms with Crippen LogP contribution in [0.25, 0.3) is 11.0 Å². The van der Waals surface area contributed by atoms with Crippen molar-refractivity contribution < 1.29 is 4.79 Å². The van der Waals surface area contributed by atoms with E-state index in [0.717, 1.165) is 48.2 Å². The van der Waals surface area contributed by atoms with E-state index < -0.39 is 0 Å². The molecule has 5 rings (SSSR count). The highest BCUT2D eigenvalue weighted by Gasteiger charge is 2.30. The Labute approximate surface area is 148 Å². The molecule has 0 aliphatic carbocycles. The summed E-state index contributed by atoms with van der Waals surface area (Å²) < 4.78 is 2.29. The molecule has 0 atom stereocenters. The quantitative estimate of drug-likeness (QED) is 0.844. The highest BCUT2D eigenvalue weighted by atomic mass is 16.1. The number of rotatable bonds is 2. The molecule has 2 fully saturated rings. The summed E-state index contributed by atoms with van der Waals surface area (Å²) in [5.41, 5.74) is 2.87. The lowest BCUT2D eigenvalue weighted by molar-refractivity contribution is 0.0973. The van der Waals surface area contributed by atoms with Gasteiger partial charge in [-0.05, 0) is 50.9 Å². The van der Waals surface area contributed by atoms with Crippen LogP contribution in [0.2, 0.25) is 0 Å². The van der Waals surface area contributed by atoms with Gasteiger partial charge >= 0.3 is 0 Å². The second kappa shape index (κ2) is 6.13. The third kappa shape index (κ3) is 2.56. The Bertz CT molecular complexity index is 797. The van der Waals surface area contributed by atoms with Crippen molar-refractivity contribution in [2.24, 2.45) is 0 Å². The summed E-state index contributed by atoms with van der Waals surface area (Å²) in [6, 6.07) is 6.70. The molecule has 0 saturated carbocycles. The predicted octanol–water partition coefficient (Wildman–Crippen LogP) is 3.08. The van der Waals surface area contributed by atoms with Gasteiger partial charge in [-0.2, -0.15) is 0 Å². The lowest BCUT2D eigenvalue weighted by Gasteiger charge is -2.40. The lowest BCUT2D eigenvalue weighted by Crippen LogP contribution is -2.47. The van der Waals surface area contributed by atoms with Gasteiger partial charge in [-0.1, -0.05) is 12.5 Å². The molecule has 0 bridgehead atoms. The number of piperidine rings is 2. The first-order valence-corrected chi connectivity index (χ1v) is 9.83. The van der Waals surface area contributed by atoms with Gasteiger partial charge in [-0.25, -0.2) is 4.98 Å². The fourth-order valence-corrected chi connectivity index (χ4v) is 4.91. The minimum atomic E-state index is 0.258. The number of carbonyl (C=O) groups excluding carboxylic acids is 1. The molecule has 2 saturated heterocycles. The van der Waals surface area contributed by atoms with Crippen molar-refractivity contribution in [3.05, 3.63) is 23.8 Å². The molecule has 5 heteroatoms.